The molecule has 1 atom stereocenters. The largest absolute Gasteiger partial charge is 0.345 e. The molecule has 1 amide bonds. The first kappa shape index (κ1) is 15.9. The fourth-order valence-electron chi connectivity index (χ4n) is 2.84. The normalized spacial score (nSPS) is 18.5. The van der Waals surface area contributed by atoms with Crippen molar-refractivity contribution in [2.75, 3.05) is 6.54 Å². The van der Waals surface area contributed by atoms with Gasteiger partial charge in [-0.05, 0) is 18.8 Å². The van der Waals surface area contributed by atoms with Crippen molar-refractivity contribution < 1.29 is 4.79 Å². The Morgan fingerprint density at radius 1 is 1.38 bits per heavy atom. The van der Waals surface area contributed by atoms with Crippen LogP contribution in [0.3, 0.4) is 0 Å². The van der Waals surface area contributed by atoms with Gasteiger partial charge >= 0.3 is 0 Å². The molecule has 0 bridgehead atoms. The lowest BCUT2D eigenvalue weighted by Crippen LogP contribution is -2.46. The van der Waals surface area contributed by atoms with Crippen molar-refractivity contribution in [1.29, 1.82) is 0 Å². The van der Waals surface area contributed by atoms with Gasteiger partial charge in [-0.15, -0.1) is 5.10 Å². The monoisotopic (exact) mass is 293 g/mol. The molecule has 2 rings (SSSR count). The van der Waals surface area contributed by atoms with E-state index >= 15 is 0 Å². The molecule has 0 aromatic carbocycles. The number of nitrogens with two attached hydrogens (primary N) is 1. The summed E-state index contributed by atoms with van der Waals surface area (Å²) in [6.45, 7) is 6.55. The molecule has 6 nitrogen and oxygen atoms in total. The summed E-state index contributed by atoms with van der Waals surface area (Å²) >= 11 is 0. The van der Waals surface area contributed by atoms with Gasteiger partial charge in [0.15, 0.2) is 0 Å². The number of aromatic amines is 1. The second-order valence-corrected chi connectivity index (χ2v) is 6.97. The highest BCUT2D eigenvalue weighted by molar-refractivity contribution is 5.90. The van der Waals surface area contributed by atoms with Crippen molar-refractivity contribution in [2.24, 2.45) is 11.7 Å². The highest BCUT2D eigenvalue weighted by Gasteiger charge is 2.26. The Hall–Kier alpha value is -1.43. The third kappa shape index (κ3) is 4.03. The summed E-state index contributed by atoms with van der Waals surface area (Å²) in [6, 6.07) is 0.0226. The Balaban J connectivity index is 2.00. The Labute approximate surface area is 126 Å². The molecule has 1 aliphatic rings. The van der Waals surface area contributed by atoms with Crippen LogP contribution in [0.15, 0.2) is 0 Å². The minimum atomic E-state index is -0.234. The van der Waals surface area contributed by atoms with Crippen molar-refractivity contribution in [3.8, 4) is 0 Å². The van der Waals surface area contributed by atoms with Crippen LogP contribution in [0, 0.1) is 5.92 Å². The van der Waals surface area contributed by atoms with Crippen molar-refractivity contribution in [3.05, 3.63) is 11.6 Å². The van der Waals surface area contributed by atoms with E-state index in [0.717, 1.165) is 18.7 Å². The van der Waals surface area contributed by atoms with Crippen LogP contribution in [0.4, 0.5) is 0 Å². The van der Waals surface area contributed by atoms with E-state index in [-0.39, 0.29) is 23.2 Å². The summed E-state index contributed by atoms with van der Waals surface area (Å²) in [5, 5.41) is 9.88. The van der Waals surface area contributed by atoms with E-state index in [1.165, 1.54) is 19.3 Å². The molecule has 21 heavy (non-hydrogen) atoms. The highest BCUT2D eigenvalue weighted by Crippen LogP contribution is 2.26. The molecule has 4 N–H and O–H groups in total. The summed E-state index contributed by atoms with van der Waals surface area (Å²) in [4.78, 5) is 16.6. The van der Waals surface area contributed by atoms with E-state index in [2.05, 4.69) is 20.5 Å². The van der Waals surface area contributed by atoms with Gasteiger partial charge in [0.1, 0.15) is 5.82 Å². The Morgan fingerprint density at radius 2 is 2.05 bits per heavy atom. The van der Waals surface area contributed by atoms with Gasteiger partial charge in [-0.25, -0.2) is 4.98 Å². The zero-order valence-corrected chi connectivity index (χ0v) is 13.3. The molecule has 1 unspecified atom stereocenters. The first-order valence-electron chi connectivity index (χ1n) is 7.85. The third-order valence-corrected chi connectivity index (χ3v) is 4.19. The molecular weight excluding hydrogens is 266 g/mol. The average molecular weight is 293 g/mol. The minimum Gasteiger partial charge on any atom is -0.345 e. The van der Waals surface area contributed by atoms with Crippen molar-refractivity contribution >= 4 is 5.91 Å². The SMILES string of the molecule is CC(C)(C)c1nc(C(=O)NC(CN)C2CCCCC2)n[nH]1. The minimum absolute atomic E-state index is 0.0226. The second kappa shape index (κ2) is 6.56. The van der Waals surface area contributed by atoms with Gasteiger partial charge in [-0.1, -0.05) is 40.0 Å². The standard InChI is InChI=1S/C15H27N5O/c1-15(2,3)14-18-12(19-20-14)13(21)17-11(9-16)10-7-5-4-6-8-10/h10-11H,4-9,16H2,1-3H3,(H,17,21)(H,18,19,20). The van der Waals surface area contributed by atoms with E-state index in [9.17, 15) is 4.79 Å². The van der Waals surface area contributed by atoms with Crippen LogP contribution in [0.1, 0.15) is 69.3 Å². The number of nitrogens with zero attached hydrogens (tertiary/aromatic N) is 2. The third-order valence-electron chi connectivity index (χ3n) is 4.19. The zero-order valence-electron chi connectivity index (χ0n) is 13.3. The van der Waals surface area contributed by atoms with Gasteiger partial charge < -0.3 is 11.1 Å². The molecule has 1 saturated carbocycles. The predicted molar refractivity (Wildman–Crippen MR) is 82.0 cm³/mol. The fourth-order valence-corrected chi connectivity index (χ4v) is 2.84. The molecule has 1 fully saturated rings. The van der Waals surface area contributed by atoms with Gasteiger partial charge in [0.2, 0.25) is 5.82 Å². The summed E-state index contributed by atoms with van der Waals surface area (Å²) in [6.07, 6.45) is 6.03. The molecule has 0 saturated heterocycles. The van der Waals surface area contributed by atoms with Gasteiger partial charge in [0, 0.05) is 18.0 Å². The van der Waals surface area contributed by atoms with Gasteiger partial charge in [0.05, 0.1) is 0 Å². The smallest absolute Gasteiger partial charge is 0.291 e. The maximum Gasteiger partial charge on any atom is 0.291 e. The number of carbonyl (C=O) groups excluding carboxylic acids is 1. The molecule has 1 aromatic rings. The van der Waals surface area contributed by atoms with Gasteiger partial charge in [-0.2, -0.15) is 0 Å². The Morgan fingerprint density at radius 3 is 2.57 bits per heavy atom. The van der Waals surface area contributed by atoms with Crippen molar-refractivity contribution in [3.63, 3.8) is 0 Å². The van der Waals surface area contributed by atoms with Crippen molar-refractivity contribution in [2.45, 2.75) is 64.3 Å². The predicted octanol–water partition coefficient (Wildman–Crippen LogP) is 1.74. The number of H-pyrrole nitrogens is 1. The van der Waals surface area contributed by atoms with Crippen LogP contribution < -0.4 is 11.1 Å². The molecule has 1 aliphatic carbocycles. The van der Waals surface area contributed by atoms with Crippen LogP contribution >= 0.6 is 0 Å². The second-order valence-electron chi connectivity index (χ2n) is 6.97. The van der Waals surface area contributed by atoms with Crippen LogP contribution in [-0.4, -0.2) is 33.7 Å². The van der Waals surface area contributed by atoms with E-state index in [4.69, 9.17) is 5.73 Å². The number of rotatable bonds is 4. The first-order chi connectivity index (χ1) is 9.91. The molecular formula is C15H27N5O. The van der Waals surface area contributed by atoms with E-state index < -0.39 is 0 Å². The molecule has 1 aromatic heterocycles. The molecule has 0 spiro atoms. The Kier molecular flexibility index (Phi) is 4.98. The van der Waals surface area contributed by atoms with Gasteiger partial charge in [-0.3, -0.25) is 9.89 Å². The highest BCUT2D eigenvalue weighted by atomic mass is 16.2. The molecule has 118 valence electrons. The number of carbonyl (C=O) groups is 1. The lowest BCUT2D eigenvalue weighted by molar-refractivity contribution is 0.0905. The summed E-state index contributed by atoms with van der Waals surface area (Å²) < 4.78 is 0. The quantitative estimate of drug-likeness (QED) is 0.787. The summed E-state index contributed by atoms with van der Waals surface area (Å²) in [5.41, 5.74) is 5.69. The number of amides is 1. The van der Waals surface area contributed by atoms with Crippen LogP contribution in [0.2, 0.25) is 0 Å². The molecule has 0 aliphatic heterocycles. The maximum absolute atomic E-state index is 12.3. The van der Waals surface area contributed by atoms with Crippen molar-refractivity contribution in [1.82, 2.24) is 20.5 Å². The van der Waals surface area contributed by atoms with Crippen LogP contribution in [0.5, 0.6) is 0 Å². The number of nitrogens with one attached hydrogen (secondary N) is 2. The molecule has 1 heterocycles. The van der Waals surface area contributed by atoms with E-state index in [1.807, 2.05) is 20.8 Å². The van der Waals surface area contributed by atoms with Crippen LogP contribution in [-0.2, 0) is 5.41 Å². The zero-order chi connectivity index (χ0) is 15.5. The van der Waals surface area contributed by atoms with Gasteiger partial charge in [0.25, 0.3) is 5.91 Å². The molecule has 0 radical (unpaired) electrons. The Bertz CT molecular complexity index is 471. The van der Waals surface area contributed by atoms with Crippen LogP contribution in [0.25, 0.3) is 0 Å². The summed E-state index contributed by atoms with van der Waals surface area (Å²) in [7, 11) is 0. The number of aromatic nitrogens is 3. The lowest BCUT2D eigenvalue weighted by Gasteiger charge is -2.29. The first-order valence-corrected chi connectivity index (χ1v) is 7.85. The van der Waals surface area contributed by atoms with E-state index in [1.54, 1.807) is 0 Å². The lowest BCUT2D eigenvalue weighted by atomic mass is 9.84. The topological polar surface area (TPSA) is 96.7 Å². The van der Waals surface area contributed by atoms with E-state index in [0.29, 0.717) is 12.5 Å². The number of hydrogen-bond donors (Lipinski definition) is 3. The maximum atomic E-state index is 12.3. The number of hydrogen-bond acceptors (Lipinski definition) is 4. The fraction of sp³-hybridized carbons (Fsp3) is 0.800. The molecule has 6 heteroatoms. The average Bonchev–Trinajstić information content (AvgIpc) is 2.95. The summed E-state index contributed by atoms with van der Waals surface area (Å²) in [5.74, 6) is 1.17.